The van der Waals surface area contributed by atoms with Crippen LogP contribution in [0.5, 0.6) is 11.5 Å². The van der Waals surface area contributed by atoms with Crippen LogP contribution >= 0.6 is 0 Å². The maximum atomic E-state index is 6.01. The SMILES string of the molecule is COc1ccc2c(c1)COc1c-2ccc2ccccc12. The Bertz CT molecular complexity index is 806. The second kappa shape index (κ2) is 4.27. The van der Waals surface area contributed by atoms with E-state index in [4.69, 9.17) is 9.47 Å². The fourth-order valence-electron chi connectivity index (χ4n) is 2.84. The lowest BCUT2D eigenvalue weighted by Crippen LogP contribution is -2.06. The van der Waals surface area contributed by atoms with Gasteiger partial charge in [-0.3, -0.25) is 0 Å². The first-order valence-electron chi connectivity index (χ1n) is 6.68. The van der Waals surface area contributed by atoms with Crippen LogP contribution in [-0.4, -0.2) is 7.11 Å². The normalized spacial score (nSPS) is 12.4. The van der Waals surface area contributed by atoms with Gasteiger partial charge in [0.25, 0.3) is 0 Å². The largest absolute Gasteiger partial charge is 0.497 e. The Labute approximate surface area is 117 Å². The number of rotatable bonds is 1. The van der Waals surface area contributed by atoms with Crippen molar-refractivity contribution in [3.05, 3.63) is 60.2 Å². The van der Waals surface area contributed by atoms with Gasteiger partial charge >= 0.3 is 0 Å². The predicted molar refractivity (Wildman–Crippen MR) is 80.3 cm³/mol. The Balaban J connectivity index is 1.99. The summed E-state index contributed by atoms with van der Waals surface area (Å²) >= 11 is 0. The number of hydrogen-bond acceptors (Lipinski definition) is 2. The van der Waals surface area contributed by atoms with E-state index < -0.39 is 0 Å². The van der Waals surface area contributed by atoms with Crippen LogP contribution in [0.15, 0.2) is 54.6 Å². The summed E-state index contributed by atoms with van der Waals surface area (Å²) in [6, 6.07) is 18.8. The molecule has 0 spiro atoms. The van der Waals surface area contributed by atoms with Crippen LogP contribution in [-0.2, 0) is 6.61 Å². The Morgan fingerprint density at radius 2 is 1.80 bits per heavy atom. The van der Waals surface area contributed by atoms with Crippen molar-refractivity contribution in [2.75, 3.05) is 7.11 Å². The van der Waals surface area contributed by atoms with Crippen molar-refractivity contribution >= 4 is 10.8 Å². The molecule has 3 aromatic carbocycles. The summed E-state index contributed by atoms with van der Waals surface area (Å²) in [5.74, 6) is 1.86. The topological polar surface area (TPSA) is 18.5 Å². The molecule has 3 aromatic rings. The van der Waals surface area contributed by atoms with E-state index in [0.29, 0.717) is 6.61 Å². The van der Waals surface area contributed by atoms with E-state index in [-0.39, 0.29) is 0 Å². The van der Waals surface area contributed by atoms with Crippen molar-refractivity contribution in [3.63, 3.8) is 0 Å². The lowest BCUT2D eigenvalue weighted by molar-refractivity contribution is 0.305. The molecule has 0 fully saturated rings. The second-order valence-electron chi connectivity index (χ2n) is 4.98. The summed E-state index contributed by atoms with van der Waals surface area (Å²) in [6.45, 7) is 0.591. The maximum Gasteiger partial charge on any atom is 0.135 e. The van der Waals surface area contributed by atoms with E-state index in [0.717, 1.165) is 17.1 Å². The highest BCUT2D eigenvalue weighted by Gasteiger charge is 2.19. The van der Waals surface area contributed by atoms with Gasteiger partial charge in [-0.2, -0.15) is 0 Å². The molecule has 0 saturated carbocycles. The van der Waals surface area contributed by atoms with E-state index in [2.05, 4.69) is 42.5 Å². The van der Waals surface area contributed by atoms with Crippen LogP contribution in [0, 0.1) is 0 Å². The van der Waals surface area contributed by atoms with Crippen molar-refractivity contribution in [1.29, 1.82) is 0 Å². The van der Waals surface area contributed by atoms with Crippen molar-refractivity contribution in [3.8, 4) is 22.6 Å². The van der Waals surface area contributed by atoms with Gasteiger partial charge in [-0.05, 0) is 23.1 Å². The van der Waals surface area contributed by atoms with E-state index in [1.165, 1.54) is 21.9 Å². The standard InChI is InChI=1S/C18H14O2/c1-19-14-7-9-15-13(10-14)11-20-18-16-5-3-2-4-12(16)6-8-17(15)18/h2-10H,11H2,1H3. The highest BCUT2D eigenvalue weighted by molar-refractivity contribution is 5.96. The van der Waals surface area contributed by atoms with Gasteiger partial charge in [-0.1, -0.05) is 42.5 Å². The summed E-state index contributed by atoms with van der Waals surface area (Å²) in [5.41, 5.74) is 3.57. The fourth-order valence-corrected chi connectivity index (χ4v) is 2.84. The summed E-state index contributed by atoms with van der Waals surface area (Å²) < 4.78 is 11.3. The zero-order valence-corrected chi connectivity index (χ0v) is 11.2. The van der Waals surface area contributed by atoms with E-state index in [1.54, 1.807) is 7.11 Å². The molecule has 98 valence electrons. The average Bonchev–Trinajstić information content (AvgIpc) is 2.53. The van der Waals surface area contributed by atoms with Gasteiger partial charge in [0.2, 0.25) is 0 Å². The van der Waals surface area contributed by atoms with E-state index in [9.17, 15) is 0 Å². The van der Waals surface area contributed by atoms with Gasteiger partial charge in [0, 0.05) is 16.5 Å². The molecule has 1 heterocycles. The Morgan fingerprint density at radius 1 is 0.950 bits per heavy atom. The molecule has 2 nitrogen and oxygen atoms in total. The summed E-state index contributed by atoms with van der Waals surface area (Å²) in [4.78, 5) is 0. The second-order valence-corrected chi connectivity index (χ2v) is 4.98. The Hall–Kier alpha value is -2.48. The number of hydrogen-bond donors (Lipinski definition) is 0. The molecule has 4 rings (SSSR count). The molecule has 1 aliphatic rings. The first-order chi connectivity index (χ1) is 9.86. The molecule has 0 amide bonds. The molecule has 0 aliphatic carbocycles. The number of ether oxygens (including phenoxy) is 2. The van der Waals surface area contributed by atoms with Crippen LogP contribution in [0.25, 0.3) is 21.9 Å². The molecular formula is C18H14O2. The van der Waals surface area contributed by atoms with Crippen LogP contribution in [0.1, 0.15) is 5.56 Å². The Morgan fingerprint density at radius 3 is 2.70 bits per heavy atom. The van der Waals surface area contributed by atoms with Gasteiger partial charge in [0.15, 0.2) is 0 Å². The predicted octanol–water partition coefficient (Wildman–Crippen LogP) is 4.41. The highest BCUT2D eigenvalue weighted by atomic mass is 16.5. The van der Waals surface area contributed by atoms with Crippen LogP contribution in [0.2, 0.25) is 0 Å². The zero-order valence-electron chi connectivity index (χ0n) is 11.2. The molecule has 2 heteroatoms. The third kappa shape index (κ3) is 1.58. The minimum Gasteiger partial charge on any atom is -0.497 e. The van der Waals surface area contributed by atoms with Crippen LogP contribution < -0.4 is 9.47 Å². The lowest BCUT2D eigenvalue weighted by Gasteiger charge is -2.22. The molecule has 0 atom stereocenters. The molecular weight excluding hydrogens is 248 g/mol. The smallest absolute Gasteiger partial charge is 0.135 e. The monoisotopic (exact) mass is 262 g/mol. The molecule has 0 unspecified atom stereocenters. The van der Waals surface area contributed by atoms with Crippen molar-refractivity contribution < 1.29 is 9.47 Å². The first kappa shape index (κ1) is 11.4. The van der Waals surface area contributed by atoms with E-state index >= 15 is 0 Å². The number of fused-ring (bicyclic) bond motifs is 5. The van der Waals surface area contributed by atoms with Crippen molar-refractivity contribution in [2.24, 2.45) is 0 Å². The van der Waals surface area contributed by atoms with Gasteiger partial charge in [0.1, 0.15) is 18.1 Å². The molecule has 0 radical (unpaired) electrons. The molecule has 1 aliphatic heterocycles. The average molecular weight is 262 g/mol. The molecule has 0 bridgehead atoms. The number of benzene rings is 3. The quantitative estimate of drug-likeness (QED) is 0.646. The third-order valence-electron chi connectivity index (χ3n) is 3.85. The van der Waals surface area contributed by atoms with Crippen molar-refractivity contribution in [2.45, 2.75) is 6.61 Å². The summed E-state index contributed by atoms with van der Waals surface area (Å²) in [5, 5.41) is 2.38. The van der Waals surface area contributed by atoms with Gasteiger partial charge < -0.3 is 9.47 Å². The highest BCUT2D eigenvalue weighted by Crippen LogP contribution is 2.42. The van der Waals surface area contributed by atoms with Crippen molar-refractivity contribution in [1.82, 2.24) is 0 Å². The number of methoxy groups -OCH3 is 1. The minimum atomic E-state index is 0.591. The first-order valence-corrected chi connectivity index (χ1v) is 6.68. The molecule has 0 aromatic heterocycles. The molecule has 0 saturated heterocycles. The Kier molecular flexibility index (Phi) is 2.43. The summed E-state index contributed by atoms with van der Waals surface area (Å²) in [7, 11) is 1.69. The maximum absolute atomic E-state index is 6.01. The lowest BCUT2D eigenvalue weighted by atomic mass is 9.94. The fraction of sp³-hybridized carbons (Fsp3) is 0.111. The minimum absolute atomic E-state index is 0.591. The van der Waals surface area contributed by atoms with Crippen LogP contribution in [0.4, 0.5) is 0 Å². The molecule has 0 N–H and O–H groups in total. The summed E-state index contributed by atoms with van der Waals surface area (Å²) in [6.07, 6.45) is 0. The zero-order chi connectivity index (χ0) is 13.5. The van der Waals surface area contributed by atoms with Crippen LogP contribution in [0.3, 0.4) is 0 Å². The van der Waals surface area contributed by atoms with Gasteiger partial charge in [-0.25, -0.2) is 0 Å². The van der Waals surface area contributed by atoms with Gasteiger partial charge in [-0.15, -0.1) is 0 Å². The molecule has 20 heavy (non-hydrogen) atoms. The van der Waals surface area contributed by atoms with E-state index in [1.807, 2.05) is 12.1 Å². The third-order valence-corrected chi connectivity index (χ3v) is 3.85. The van der Waals surface area contributed by atoms with Gasteiger partial charge in [0.05, 0.1) is 7.11 Å².